The van der Waals surface area contributed by atoms with Crippen LogP contribution >= 0.6 is 0 Å². The lowest BCUT2D eigenvalue weighted by atomic mass is 10.1. The minimum Gasteiger partial charge on any atom is -0.491 e. The van der Waals surface area contributed by atoms with Crippen molar-refractivity contribution >= 4 is 5.69 Å². The molecule has 1 unspecified atom stereocenters. The van der Waals surface area contributed by atoms with E-state index in [-0.39, 0.29) is 18.9 Å². The summed E-state index contributed by atoms with van der Waals surface area (Å²) < 4.78 is 43.4. The Morgan fingerprint density at radius 1 is 1.03 bits per heavy atom. The molecule has 0 fully saturated rings. The molecule has 1 N–H and O–H groups in total. The number of hydrogen-bond acceptors (Lipinski definition) is 4. The largest absolute Gasteiger partial charge is 0.491 e. The maximum atomic E-state index is 12.7. The normalized spacial score (nSPS) is 12.4. The average Bonchev–Trinajstić information content (AvgIpc) is 2.73. The van der Waals surface area contributed by atoms with Gasteiger partial charge in [-0.15, -0.1) is 0 Å². The lowest BCUT2D eigenvalue weighted by molar-refractivity contribution is -0.137. The first-order valence-corrected chi connectivity index (χ1v) is 9.50. The van der Waals surface area contributed by atoms with Crippen LogP contribution in [0.3, 0.4) is 0 Å². The summed E-state index contributed by atoms with van der Waals surface area (Å²) in [5, 5.41) is 10.5. The smallest absolute Gasteiger partial charge is 0.416 e. The van der Waals surface area contributed by atoms with Gasteiger partial charge in [-0.1, -0.05) is 24.3 Å². The van der Waals surface area contributed by atoms with Crippen LogP contribution in [-0.4, -0.2) is 29.3 Å². The molecule has 4 nitrogen and oxygen atoms in total. The quantitative estimate of drug-likeness (QED) is 0.570. The molecule has 30 heavy (non-hydrogen) atoms. The molecular formula is C23H23F3N2O2. The number of aryl methyl sites for hydroxylation is 1. The van der Waals surface area contributed by atoms with Crippen LogP contribution in [0.5, 0.6) is 5.75 Å². The molecule has 3 rings (SSSR count). The van der Waals surface area contributed by atoms with E-state index in [1.165, 1.54) is 12.1 Å². The lowest BCUT2D eigenvalue weighted by Crippen LogP contribution is -2.35. The highest BCUT2D eigenvalue weighted by molar-refractivity contribution is 5.45. The topological polar surface area (TPSA) is 45.6 Å². The van der Waals surface area contributed by atoms with Gasteiger partial charge in [-0.05, 0) is 54.4 Å². The van der Waals surface area contributed by atoms with Crippen molar-refractivity contribution in [2.24, 2.45) is 0 Å². The molecule has 0 amide bonds. The van der Waals surface area contributed by atoms with Crippen molar-refractivity contribution in [3.05, 3.63) is 89.7 Å². The zero-order valence-electron chi connectivity index (χ0n) is 16.5. The summed E-state index contributed by atoms with van der Waals surface area (Å²) in [6, 6.07) is 16.2. The number of aliphatic hydroxyl groups is 1. The van der Waals surface area contributed by atoms with Crippen LogP contribution in [0, 0.1) is 6.92 Å². The average molecular weight is 416 g/mol. The van der Waals surface area contributed by atoms with Crippen molar-refractivity contribution in [1.29, 1.82) is 0 Å². The molecule has 0 radical (unpaired) electrons. The van der Waals surface area contributed by atoms with Gasteiger partial charge in [-0.3, -0.25) is 4.98 Å². The molecule has 2 aromatic carbocycles. The molecule has 1 atom stereocenters. The molecule has 1 aromatic heterocycles. The van der Waals surface area contributed by atoms with Gasteiger partial charge in [0.15, 0.2) is 0 Å². The highest BCUT2D eigenvalue weighted by Crippen LogP contribution is 2.30. The first kappa shape index (κ1) is 21.6. The summed E-state index contributed by atoms with van der Waals surface area (Å²) in [6.07, 6.45) is -1.84. The molecule has 0 aliphatic rings. The van der Waals surface area contributed by atoms with E-state index in [0.29, 0.717) is 6.54 Å². The predicted molar refractivity (Wildman–Crippen MR) is 109 cm³/mol. The number of ether oxygens (including phenoxy) is 1. The van der Waals surface area contributed by atoms with Crippen molar-refractivity contribution in [3.8, 4) is 5.75 Å². The number of pyridine rings is 1. The number of benzene rings is 2. The SMILES string of the molecule is Cc1ccccc1CN(CC(O)COc1ccc(C(F)(F)F)cc1)c1cccnc1. The van der Waals surface area contributed by atoms with Gasteiger partial charge in [0.1, 0.15) is 18.5 Å². The fourth-order valence-electron chi connectivity index (χ4n) is 3.03. The second kappa shape index (κ2) is 9.63. The minimum absolute atomic E-state index is 0.0457. The first-order chi connectivity index (χ1) is 14.3. The second-order valence-corrected chi connectivity index (χ2v) is 7.01. The summed E-state index contributed by atoms with van der Waals surface area (Å²) in [4.78, 5) is 6.15. The fraction of sp³-hybridized carbons (Fsp3) is 0.261. The van der Waals surface area contributed by atoms with Crippen LogP contribution in [0.2, 0.25) is 0 Å². The number of hydrogen-bond donors (Lipinski definition) is 1. The number of alkyl halides is 3. The van der Waals surface area contributed by atoms with Crippen molar-refractivity contribution in [2.45, 2.75) is 25.7 Å². The van der Waals surface area contributed by atoms with Crippen LogP contribution in [-0.2, 0) is 12.7 Å². The van der Waals surface area contributed by atoms with Crippen LogP contribution in [0.1, 0.15) is 16.7 Å². The van der Waals surface area contributed by atoms with E-state index in [1.807, 2.05) is 48.2 Å². The Morgan fingerprint density at radius 3 is 2.40 bits per heavy atom. The summed E-state index contributed by atoms with van der Waals surface area (Å²) >= 11 is 0. The number of rotatable bonds is 8. The predicted octanol–water partition coefficient (Wildman–Crippen LogP) is 4.86. The Labute approximate surface area is 173 Å². The van der Waals surface area contributed by atoms with E-state index in [4.69, 9.17) is 4.74 Å². The molecule has 0 aliphatic carbocycles. The van der Waals surface area contributed by atoms with Crippen LogP contribution < -0.4 is 9.64 Å². The third kappa shape index (κ3) is 5.97. The van der Waals surface area contributed by atoms with E-state index in [0.717, 1.165) is 28.9 Å². The van der Waals surface area contributed by atoms with Gasteiger partial charge in [0.25, 0.3) is 0 Å². The van der Waals surface area contributed by atoms with Crippen LogP contribution in [0.15, 0.2) is 73.1 Å². The van der Waals surface area contributed by atoms with E-state index >= 15 is 0 Å². The molecule has 0 saturated heterocycles. The second-order valence-electron chi connectivity index (χ2n) is 7.01. The summed E-state index contributed by atoms with van der Waals surface area (Å²) in [6.45, 7) is 2.84. The Kier molecular flexibility index (Phi) is 6.95. The Bertz CT molecular complexity index is 931. The molecule has 158 valence electrons. The van der Waals surface area contributed by atoms with Crippen molar-refractivity contribution in [3.63, 3.8) is 0 Å². The van der Waals surface area contributed by atoms with Crippen LogP contribution in [0.25, 0.3) is 0 Å². The molecule has 0 bridgehead atoms. The molecule has 1 heterocycles. The Morgan fingerprint density at radius 2 is 1.77 bits per heavy atom. The summed E-state index contributed by atoms with van der Waals surface area (Å²) in [5.41, 5.74) is 2.38. The molecule has 0 aliphatic heterocycles. The molecule has 3 aromatic rings. The zero-order valence-corrected chi connectivity index (χ0v) is 16.5. The number of aliphatic hydroxyl groups excluding tert-OH is 1. The van der Waals surface area contributed by atoms with Crippen molar-refractivity contribution < 1.29 is 23.0 Å². The number of halogens is 3. The van der Waals surface area contributed by atoms with Gasteiger partial charge >= 0.3 is 6.18 Å². The maximum Gasteiger partial charge on any atom is 0.416 e. The number of aromatic nitrogens is 1. The first-order valence-electron chi connectivity index (χ1n) is 9.50. The third-order valence-electron chi connectivity index (χ3n) is 4.69. The van der Waals surface area contributed by atoms with Gasteiger partial charge in [0.2, 0.25) is 0 Å². The Balaban J connectivity index is 1.64. The standard InChI is InChI=1S/C23H23F3N2O2/c1-17-5-2-3-6-18(17)14-28(20-7-4-12-27-13-20)15-21(29)16-30-22-10-8-19(9-11-22)23(24,25)26/h2-13,21,29H,14-16H2,1H3. The molecule has 0 spiro atoms. The van der Waals surface area contributed by atoms with Gasteiger partial charge < -0.3 is 14.7 Å². The van der Waals surface area contributed by atoms with E-state index in [1.54, 1.807) is 12.4 Å². The summed E-state index contributed by atoms with van der Waals surface area (Å²) in [7, 11) is 0. The number of anilines is 1. The van der Waals surface area contributed by atoms with Crippen LogP contribution in [0.4, 0.5) is 18.9 Å². The van der Waals surface area contributed by atoms with Gasteiger partial charge in [0.05, 0.1) is 17.4 Å². The number of nitrogens with zero attached hydrogens (tertiary/aromatic N) is 2. The monoisotopic (exact) mass is 416 g/mol. The molecule has 7 heteroatoms. The zero-order chi connectivity index (χ0) is 21.6. The fourth-order valence-corrected chi connectivity index (χ4v) is 3.03. The Hall–Kier alpha value is -3.06. The highest BCUT2D eigenvalue weighted by Gasteiger charge is 2.30. The van der Waals surface area contributed by atoms with E-state index in [2.05, 4.69) is 4.98 Å². The highest BCUT2D eigenvalue weighted by atomic mass is 19.4. The maximum absolute atomic E-state index is 12.7. The summed E-state index contributed by atoms with van der Waals surface area (Å²) in [5.74, 6) is 0.272. The van der Waals surface area contributed by atoms with E-state index < -0.39 is 17.8 Å². The van der Waals surface area contributed by atoms with Crippen molar-refractivity contribution in [2.75, 3.05) is 18.1 Å². The van der Waals surface area contributed by atoms with E-state index in [9.17, 15) is 18.3 Å². The van der Waals surface area contributed by atoms with Gasteiger partial charge in [-0.2, -0.15) is 13.2 Å². The minimum atomic E-state index is -4.39. The molecule has 0 saturated carbocycles. The van der Waals surface area contributed by atoms with Crippen molar-refractivity contribution in [1.82, 2.24) is 4.98 Å². The third-order valence-corrected chi connectivity index (χ3v) is 4.69. The molecular weight excluding hydrogens is 393 g/mol. The van der Waals surface area contributed by atoms with Gasteiger partial charge in [0, 0.05) is 19.3 Å². The van der Waals surface area contributed by atoms with Gasteiger partial charge in [-0.25, -0.2) is 0 Å². The lowest BCUT2D eigenvalue weighted by Gasteiger charge is -2.28.